The van der Waals surface area contributed by atoms with E-state index in [1.54, 1.807) is 0 Å². The predicted octanol–water partition coefficient (Wildman–Crippen LogP) is 1.76. The molecular formula is C6H10S. The lowest BCUT2D eigenvalue weighted by Gasteiger charge is -1.86. The average Bonchev–Trinajstić information content (AvgIpc) is 1.69. The van der Waals surface area contributed by atoms with Crippen molar-refractivity contribution in [1.82, 2.24) is 0 Å². The second-order valence-corrected chi connectivity index (χ2v) is 2.54. The van der Waals surface area contributed by atoms with E-state index in [1.165, 1.54) is 5.75 Å². The molecule has 0 heterocycles. The van der Waals surface area contributed by atoms with Crippen LogP contribution >= 0.6 is 11.8 Å². The molecule has 0 aliphatic rings. The zero-order valence-electron chi connectivity index (χ0n) is 4.61. The van der Waals surface area contributed by atoms with Gasteiger partial charge in [-0.2, -0.15) is 11.8 Å². The summed E-state index contributed by atoms with van der Waals surface area (Å²) in [4.78, 5) is 0. The van der Waals surface area contributed by atoms with Gasteiger partial charge in [-0.25, -0.2) is 0 Å². The molecule has 7 heavy (non-hydrogen) atoms. The summed E-state index contributed by atoms with van der Waals surface area (Å²) in [6.07, 6.45) is 5.92. The molecule has 0 aliphatic heterocycles. The lowest BCUT2D eigenvalue weighted by atomic mass is 10.5. The Balaban J connectivity index is 2.60. The zero-order chi connectivity index (χ0) is 5.54. The molecule has 0 aromatic rings. The maximum atomic E-state index is 5.01. The molecular weight excluding hydrogens is 104 g/mol. The highest BCUT2D eigenvalue weighted by atomic mass is 32.2. The van der Waals surface area contributed by atoms with Crippen LogP contribution in [0.15, 0.2) is 0 Å². The van der Waals surface area contributed by atoms with Crippen LogP contribution in [-0.2, 0) is 0 Å². The Kier molecular flexibility index (Phi) is 5.83. The molecule has 0 saturated heterocycles. The SMILES string of the molecule is C#CCCSCC. The molecule has 0 unspecified atom stereocenters. The van der Waals surface area contributed by atoms with E-state index in [2.05, 4.69) is 12.8 Å². The Labute approximate surface area is 49.7 Å². The van der Waals surface area contributed by atoms with Gasteiger partial charge >= 0.3 is 0 Å². The van der Waals surface area contributed by atoms with Crippen molar-refractivity contribution in [2.45, 2.75) is 13.3 Å². The fraction of sp³-hybridized carbons (Fsp3) is 0.667. The molecule has 0 spiro atoms. The van der Waals surface area contributed by atoms with E-state index in [9.17, 15) is 0 Å². The number of hydrogen-bond acceptors (Lipinski definition) is 1. The number of rotatable bonds is 3. The van der Waals surface area contributed by atoms with Crippen LogP contribution in [0.2, 0.25) is 0 Å². The fourth-order valence-corrected chi connectivity index (χ4v) is 0.826. The van der Waals surface area contributed by atoms with Gasteiger partial charge in [-0.1, -0.05) is 6.92 Å². The molecule has 0 rings (SSSR count). The van der Waals surface area contributed by atoms with E-state index in [0.29, 0.717) is 0 Å². The van der Waals surface area contributed by atoms with Crippen molar-refractivity contribution in [2.75, 3.05) is 11.5 Å². The van der Waals surface area contributed by atoms with Gasteiger partial charge in [0.05, 0.1) is 0 Å². The molecule has 40 valence electrons. The summed E-state index contributed by atoms with van der Waals surface area (Å²) in [5.74, 6) is 4.88. The quantitative estimate of drug-likeness (QED) is 0.398. The van der Waals surface area contributed by atoms with Gasteiger partial charge in [0.1, 0.15) is 0 Å². The monoisotopic (exact) mass is 114 g/mol. The Bertz CT molecular complexity index is 61.1. The molecule has 0 bridgehead atoms. The van der Waals surface area contributed by atoms with Gasteiger partial charge in [-0.3, -0.25) is 0 Å². The first-order valence-corrected chi connectivity index (χ1v) is 3.58. The van der Waals surface area contributed by atoms with Crippen LogP contribution < -0.4 is 0 Å². The summed E-state index contributed by atoms with van der Waals surface area (Å²) in [5.41, 5.74) is 0. The standard InChI is InChI=1S/C6H10S/c1-3-5-6-7-4-2/h1H,4-6H2,2H3. The molecule has 0 saturated carbocycles. The minimum Gasteiger partial charge on any atom is -0.161 e. The second-order valence-electron chi connectivity index (χ2n) is 1.15. The van der Waals surface area contributed by atoms with Gasteiger partial charge in [-0.15, -0.1) is 12.3 Å². The van der Waals surface area contributed by atoms with E-state index in [0.717, 1.165) is 12.2 Å². The topological polar surface area (TPSA) is 0 Å². The molecule has 0 nitrogen and oxygen atoms in total. The second kappa shape index (κ2) is 5.91. The highest BCUT2D eigenvalue weighted by molar-refractivity contribution is 7.99. The molecule has 0 atom stereocenters. The fourth-order valence-electron chi connectivity index (χ4n) is 0.275. The summed E-state index contributed by atoms with van der Waals surface area (Å²) < 4.78 is 0. The van der Waals surface area contributed by atoms with Gasteiger partial charge in [0.15, 0.2) is 0 Å². The zero-order valence-corrected chi connectivity index (χ0v) is 5.42. The minimum atomic E-state index is 0.915. The average molecular weight is 114 g/mol. The molecule has 0 N–H and O–H groups in total. The summed E-state index contributed by atoms with van der Waals surface area (Å²) >= 11 is 1.89. The van der Waals surface area contributed by atoms with Gasteiger partial charge in [-0.05, 0) is 5.75 Å². The first kappa shape index (κ1) is 6.91. The highest BCUT2D eigenvalue weighted by Gasteiger charge is 1.77. The maximum absolute atomic E-state index is 5.01. The van der Waals surface area contributed by atoms with Crippen LogP contribution in [0, 0.1) is 12.3 Å². The molecule has 0 aliphatic carbocycles. The van der Waals surface area contributed by atoms with E-state index < -0.39 is 0 Å². The first-order chi connectivity index (χ1) is 3.41. The van der Waals surface area contributed by atoms with Crippen LogP contribution in [-0.4, -0.2) is 11.5 Å². The van der Waals surface area contributed by atoms with E-state index in [-0.39, 0.29) is 0 Å². The molecule has 0 aromatic carbocycles. The first-order valence-electron chi connectivity index (χ1n) is 2.43. The van der Waals surface area contributed by atoms with Crippen LogP contribution in [0.5, 0.6) is 0 Å². The lowest BCUT2D eigenvalue weighted by Crippen LogP contribution is -1.74. The lowest BCUT2D eigenvalue weighted by molar-refractivity contribution is 1.30. The van der Waals surface area contributed by atoms with Crippen molar-refractivity contribution >= 4 is 11.8 Å². The molecule has 0 aromatic heterocycles. The van der Waals surface area contributed by atoms with Crippen molar-refractivity contribution in [1.29, 1.82) is 0 Å². The summed E-state index contributed by atoms with van der Waals surface area (Å²) in [6.45, 7) is 2.14. The Morgan fingerprint density at radius 2 is 2.43 bits per heavy atom. The van der Waals surface area contributed by atoms with Gasteiger partial charge < -0.3 is 0 Å². The highest BCUT2D eigenvalue weighted by Crippen LogP contribution is 1.98. The van der Waals surface area contributed by atoms with Gasteiger partial charge in [0, 0.05) is 12.2 Å². The molecule has 1 heteroatoms. The smallest absolute Gasteiger partial charge is 0.0177 e. The largest absolute Gasteiger partial charge is 0.161 e. The third-order valence-electron chi connectivity index (χ3n) is 0.595. The molecule has 0 fully saturated rings. The predicted molar refractivity (Wildman–Crippen MR) is 36.4 cm³/mol. The molecule has 0 radical (unpaired) electrons. The van der Waals surface area contributed by atoms with Crippen molar-refractivity contribution in [3.8, 4) is 12.3 Å². The van der Waals surface area contributed by atoms with E-state index in [4.69, 9.17) is 6.42 Å². The maximum Gasteiger partial charge on any atom is 0.0177 e. The Morgan fingerprint density at radius 1 is 1.71 bits per heavy atom. The summed E-state index contributed by atoms with van der Waals surface area (Å²) in [5, 5.41) is 0. The van der Waals surface area contributed by atoms with Crippen LogP contribution in [0.25, 0.3) is 0 Å². The van der Waals surface area contributed by atoms with Crippen LogP contribution in [0.3, 0.4) is 0 Å². The minimum absolute atomic E-state index is 0.915. The summed E-state index contributed by atoms with van der Waals surface area (Å²) in [6, 6.07) is 0. The molecule has 0 amide bonds. The van der Waals surface area contributed by atoms with E-state index in [1.807, 2.05) is 11.8 Å². The number of hydrogen-bond donors (Lipinski definition) is 0. The van der Waals surface area contributed by atoms with Crippen molar-refractivity contribution < 1.29 is 0 Å². The Morgan fingerprint density at radius 3 is 2.86 bits per heavy atom. The van der Waals surface area contributed by atoms with Crippen molar-refractivity contribution in [3.63, 3.8) is 0 Å². The number of terminal acetylenes is 1. The normalized spacial score (nSPS) is 8.00. The third kappa shape index (κ3) is 5.91. The van der Waals surface area contributed by atoms with E-state index >= 15 is 0 Å². The Hall–Kier alpha value is -0.0900. The van der Waals surface area contributed by atoms with Gasteiger partial charge in [0.2, 0.25) is 0 Å². The van der Waals surface area contributed by atoms with Crippen molar-refractivity contribution in [2.24, 2.45) is 0 Å². The number of thioether (sulfide) groups is 1. The third-order valence-corrected chi connectivity index (χ3v) is 1.50. The van der Waals surface area contributed by atoms with Crippen LogP contribution in [0.1, 0.15) is 13.3 Å². The van der Waals surface area contributed by atoms with Gasteiger partial charge in [0.25, 0.3) is 0 Å². The van der Waals surface area contributed by atoms with Crippen molar-refractivity contribution in [3.05, 3.63) is 0 Å². The van der Waals surface area contributed by atoms with Crippen LogP contribution in [0.4, 0.5) is 0 Å². The summed E-state index contributed by atoms with van der Waals surface area (Å²) in [7, 11) is 0.